The molecule has 23 heavy (non-hydrogen) atoms. The van der Waals surface area contributed by atoms with Crippen LogP contribution in [0.4, 0.5) is 5.82 Å². The number of pyridine rings is 1. The fourth-order valence-electron chi connectivity index (χ4n) is 2.76. The maximum atomic E-state index is 12.3. The number of carbonyl (C=O) groups excluding carboxylic acids is 1. The zero-order valence-electron chi connectivity index (χ0n) is 12.7. The Morgan fingerprint density at radius 2 is 2.22 bits per heavy atom. The van der Waals surface area contributed by atoms with Crippen molar-refractivity contribution in [2.45, 2.75) is 18.9 Å². The third-order valence-electron chi connectivity index (χ3n) is 3.89. The summed E-state index contributed by atoms with van der Waals surface area (Å²) in [4.78, 5) is 22.7. The molecule has 1 unspecified atom stereocenters. The fourth-order valence-corrected chi connectivity index (χ4v) is 3.26. The Kier molecular flexibility index (Phi) is 4.73. The Labute approximate surface area is 144 Å². The quantitative estimate of drug-likeness (QED) is 0.920. The van der Waals surface area contributed by atoms with Crippen LogP contribution in [-0.2, 0) is 7.05 Å². The molecule has 2 aromatic heterocycles. The van der Waals surface area contributed by atoms with E-state index in [0.29, 0.717) is 28.1 Å². The van der Waals surface area contributed by atoms with Crippen molar-refractivity contribution in [2.75, 3.05) is 18.0 Å². The molecule has 0 saturated carbocycles. The lowest BCUT2D eigenvalue weighted by Crippen LogP contribution is -2.48. The number of hydrogen-bond donors (Lipinski definition) is 1. The number of rotatable bonds is 3. The van der Waals surface area contributed by atoms with Crippen molar-refractivity contribution < 1.29 is 4.79 Å². The minimum absolute atomic E-state index is 0.0414. The first-order chi connectivity index (χ1) is 11.0. The predicted molar refractivity (Wildman–Crippen MR) is 90.2 cm³/mol. The maximum absolute atomic E-state index is 12.3. The zero-order valence-corrected chi connectivity index (χ0v) is 14.2. The Morgan fingerprint density at radius 1 is 1.39 bits per heavy atom. The number of piperidine rings is 1. The van der Waals surface area contributed by atoms with E-state index in [2.05, 4.69) is 20.2 Å². The highest BCUT2D eigenvalue weighted by atomic mass is 35.5. The maximum Gasteiger partial charge on any atom is 0.269 e. The predicted octanol–water partition coefficient (Wildman–Crippen LogP) is 2.52. The average molecular weight is 354 g/mol. The van der Waals surface area contributed by atoms with Gasteiger partial charge in [0.1, 0.15) is 11.5 Å². The van der Waals surface area contributed by atoms with Gasteiger partial charge in [-0.1, -0.05) is 23.2 Å². The van der Waals surface area contributed by atoms with Crippen LogP contribution < -0.4 is 10.2 Å². The lowest BCUT2D eigenvalue weighted by atomic mass is 10.1. The smallest absolute Gasteiger partial charge is 0.269 e. The van der Waals surface area contributed by atoms with Gasteiger partial charge in [-0.3, -0.25) is 4.79 Å². The first-order valence-electron chi connectivity index (χ1n) is 7.38. The number of imidazole rings is 1. The lowest BCUT2D eigenvalue weighted by molar-refractivity contribution is 0.0925. The Hall–Kier alpha value is -1.79. The summed E-state index contributed by atoms with van der Waals surface area (Å²) in [6, 6.07) is 1.73. The number of carbonyl (C=O) groups is 1. The molecule has 1 atom stereocenters. The van der Waals surface area contributed by atoms with E-state index in [0.717, 1.165) is 19.4 Å². The summed E-state index contributed by atoms with van der Waals surface area (Å²) < 4.78 is 1.70. The Morgan fingerprint density at radius 3 is 2.91 bits per heavy atom. The van der Waals surface area contributed by atoms with Gasteiger partial charge in [-0.2, -0.15) is 0 Å². The van der Waals surface area contributed by atoms with Gasteiger partial charge >= 0.3 is 0 Å². The SMILES string of the molecule is Cn1cncc1C(=O)NC1CCCN(c2ncc(Cl)cc2Cl)C1. The largest absolute Gasteiger partial charge is 0.353 e. The van der Waals surface area contributed by atoms with Gasteiger partial charge in [-0.25, -0.2) is 9.97 Å². The average Bonchev–Trinajstić information content (AvgIpc) is 2.94. The molecule has 0 bridgehead atoms. The highest BCUT2D eigenvalue weighted by molar-refractivity contribution is 6.36. The van der Waals surface area contributed by atoms with Gasteiger partial charge in [0.25, 0.3) is 5.91 Å². The molecule has 6 nitrogen and oxygen atoms in total. The number of aromatic nitrogens is 3. The molecule has 1 N–H and O–H groups in total. The van der Waals surface area contributed by atoms with Gasteiger partial charge in [0.05, 0.1) is 22.6 Å². The van der Waals surface area contributed by atoms with E-state index in [9.17, 15) is 4.79 Å². The van der Waals surface area contributed by atoms with Crippen LogP contribution in [-0.4, -0.2) is 39.6 Å². The van der Waals surface area contributed by atoms with Crippen molar-refractivity contribution in [1.29, 1.82) is 0 Å². The van der Waals surface area contributed by atoms with Gasteiger partial charge in [-0.05, 0) is 18.9 Å². The van der Waals surface area contributed by atoms with Crippen molar-refractivity contribution in [3.05, 3.63) is 40.5 Å². The molecule has 1 aliphatic rings. The third-order valence-corrected chi connectivity index (χ3v) is 4.38. The first kappa shape index (κ1) is 16.1. The highest BCUT2D eigenvalue weighted by Gasteiger charge is 2.24. The van der Waals surface area contributed by atoms with E-state index < -0.39 is 0 Å². The third kappa shape index (κ3) is 3.59. The summed E-state index contributed by atoms with van der Waals surface area (Å²) in [6.45, 7) is 1.52. The van der Waals surface area contributed by atoms with Gasteiger partial charge in [0.15, 0.2) is 0 Å². The molecule has 0 spiro atoms. The molecule has 1 fully saturated rings. The Balaban J connectivity index is 1.69. The molecular weight excluding hydrogens is 337 g/mol. The Bertz CT molecular complexity index is 718. The number of hydrogen-bond acceptors (Lipinski definition) is 4. The molecule has 1 amide bonds. The van der Waals surface area contributed by atoms with Crippen molar-refractivity contribution >= 4 is 34.9 Å². The summed E-state index contributed by atoms with van der Waals surface area (Å²) in [5.74, 6) is 0.586. The van der Waals surface area contributed by atoms with Crippen LogP contribution in [0, 0.1) is 0 Å². The second-order valence-electron chi connectivity index (χ2n) is 5.61. The minimum atomic E-state index is -0.119. The van der Waals surface area contributed by atoms with Gasteiger partial charge in [0.2, 0.25) is 0 Å². The van der Waals surface area contributed by atoms with E-state index in [1.54, 1.807) is 36.4 Å². The normalized spacial score (nSPS) is 18.0. The minimum Gasteiger partial charge on any atom is -0.353 e. The summed E-state index contributed by atoms with van der Waals surface area (Å²) >= 11 is 12.1. The van der Waals surface area contributed by atoms with E-state index in [4.69, 9.17) is 23.2 Å². The van der Waals surface area contributed by atoms with Crippen LogP contribution in [0.1, 0.15) is 23.3 Å². The molecule has 0 aliphatic carbocycles. The summed E-state index contributed by atoms with van der Waals surface area (Å²) in [5, 5.41) is 4.09. The first-order valence-corrected chi connectivity index (χ1v) is 8.13. The fraction of sp³-hybridized carbons (Fsp3) is 0.400. The van der Waals surface area contributed by atoms with Crippen molar-refractivity contribution in [3.63, 3.8) is 0 Å². The van der Waals surface area contributed by atoms with E-state index in [1.807, 2.05) is 0 Å². The molecule has 3 rings (SSSR count). The second-order valence-corrected chi connectivity index (χ2v) is 6.45. The van der Waals surface area contributed by atoms with E-state index in [-0.39, 0.29) is 11.9 Å². The number of nitrogens with one attached hydrogen (secondary N) is 1. The van der Waals surface area contributed by atoms with Gasteiger partial charge in [-0.15, -0.1) is 0 Å². The number of halogens is 2. The summed E-state index contributed by atoms with van der Waals surface area (Å²) in [7, 11) is 1.80. The van der Waals surface area contributed by atoms with Crippen molar-refractivity contribution in [3.8, 4) is 0 Å². The molecule has 0 aromatic carbocycles. The molecule has 8 heteroatoms. The van der Waals surface area contributed by atoms with Crippen LogP contribution in [0.25, 0.3) is 0 Å². The monoisotopic (exact) mass is 353 g/mol. The molecular formula is C15H17Cl2N5O. The second kappa shape index (κ2) is 6.76. The number of anilines is 1. The molecule has 2 aromatic rings. The zero-order chi connectivity index (χ0) is 16.4. The van der Waals surface area contributed by atoms with Gasteiger partial charge < -0.3 is 14.8 Å². The van der Waals surface area contributed by atoms with Crippen LogP contribution in [0.2, 0.25) is 10.0 Å². The van der Waals surface area contributed by atoms with E-state index in [1.165, 1.54) is 0 Å². The number of nitrogens with zero attached hydrogens (tertiary/aromatic N) is 4. The van der Waals surface area contributed by atoms with Crippen molar-refractivity contribution in [1.82, 2.24) is 19.9 Å². The molecule has 1 aliphatic heterocycles. The van der Waals surface area contributed by atoms with Crippen LogP contribution in [0.3, 0.4) is 0 Å². The van der Waals surface area contributed by atoms with Gasteiger partial charge in [0, 0.05) is 32.4 Å². The molecule has 1 saturated heterocycles. The lowest BCUT2D eigenvalue weighted by Gasteiger charge is -2.34. The summed E-state index contributed by atoms with van der Waals surface area (Å²) in [6.07, 6.45) is 6.63. The molecule has 122 valence electrons. The number of aryl methyl sites for hydroxylation is 1. The topological polar surface area (TPSA) is 63.1 Å². The molecule has 3 heterocycles. The van der Waals surface area contributed by atoms with Crippen LogP contribution in [0.5, 0.6) is 0 Å². The van der Waals surface area contributed by atoms with Crippen molar-refractivity contribution in [2.24, 2.45) is 7.05 Å². The molecule has 0 radical (unpaired) electrons. The summed E-state index contributed by atoms with van der Waals surface area (Å²) in [5.41, 5.74) is 0.546. The highest BCUT2D eigenvalue weighted by Crippen LogP contribution is 2.28. The van der Waals surface area contributed by atoms with Crippen LogP contribution >= 0.6 is 23.2 Å². The van der Waals surface area contributed by atoms with E-state index >= 15 is 0 Å². The standard InChI is InChI=1S/C15H17Cl2N5O/c1-21-9-18-7-13(21)15(23)20-11-3-2-4-22(8-11)14-12(17)5-10(16)6-19-14/h5-7,9,11H,2-4,8H2,1H3,(H,20,23). The number of amides is 1. The van der Waals surface area contributed by atoms with Crippen LogP contribution in [0.15, 0.2) is 24.8 Å².